The molecular weight excluding hydrogens is 402 g/mol. The average Bonchev–Trinajstić information content (AvgIpc) is 3.34. The van der Waals surface area contributed by atoms with Gasteiger partial charge in [-0.25, -0.2) is 0 Å². The molecule has 0 aromatic heterocycles. The molecule has 0 saturated heterocycles. The van der Waals surface area contributed by atoms with Crippen molar-refractivity contribution in [1.29, 1.82) is 0 Å². The zero-order valence-electron chi connectivity index (χ0n) is 14.3. The fourth-order valence-electron chi connectivity index (χ4n) is 2.11. The number of ether oxygens (including phenoxy) is 2. The Balaban J connectivity index is 0. The first-order valence-corrected chi connectivity index (χ1v) is 8.40. The molecule has 1 aromatic rings. The van der Waals surface area contributed by atoms with Crippen LogP contribution >= 0.6 is 11.6 Å². The molecule has 2 aliphatic rings. The van der Waals surface area contributed by atoms with Crippen LogP contribution in [-0.2, 0) is 20.4 Å². The van der Waals surface area contributed by atoms with Gasteiger partial charge in [-0.05, 0) is 0 Å². The molecule has 0 bridgehead atoms. The van der Waals surface area contributed by atoms with Crippen LogP contribution in [-0.4, -0.2) is 14.2 Å². The molecule has 0 radical (unpaired) electrons. The molecule has 0 aliphatic heterocycles. The van der Waals surface area contributed by atoms with E-state index >= 15 is 0 Å². The van der Waals surface area contributed by atoms with Gasteiger partial charge in [0.1, 0.15) is 0 Å². The topological polar surface area (TPSA) is 18.5 Å². The number of rotatable bonds is 2. The molecule has 3 rings (SSSR count). The fraction of sp³-hybridized carbons (Fsp3) is 0.526. The van der Waals surface area contributed by atoms with Crippen LogP contribution in [0.3, 0.4) is 0 Å². The Labute approximate surface area is 161 Å². The van der Waals surface area contributed by atoms with Crippen molar-refractivity contribution >= 4 is 11.6 Å². The minimum atomic E-state index is 0. The second-order valence-corrected chi connectivity index (χ2v) is 4.93. The zero-order chi connectivity index (χ0) is 16.5. The molecule has 4 heteroatoms. The van der Waals surface area contributed by atoms with Gasteiger partial charge in [-0.15, -0.1) is 12.1 Å². The van der Waals surface area contributed by atoms with Crippen molar-refractivity contribution in [1.82, 2.24) is 0 Å². The predicted octanol–water partition coefficient (Wildman–Crippen LogP) is 6.05. The first-order chi connectivity index (χ1) is 10.9. The van der Waals surface area contributed by atoms with Gasteiger partial charge in [0, 0.05) is 31.9 Å². The minimum Gasteiger partial charge on any atom is -0.522 e. The van der Waals surface area contributed by atoms with E-state index in [1.807, 2.05) is 18.2 Å². The van der Waals surface area contributed by atoms with Gasteiger partial charge in [-0.1, -0.05) is 31.7 Å². The van der Waals surface area contributed by atoms with Crippen molar-refractivity contribution in [2.24, 2.45) is 0 Å². The van der Waals surface area contributed by atoms with E-state index in [9.17, 15) is 0 Å². The number of hydrogen-bond acceptors (Lipinski definition) is 2. The summed E-state index contributed by atoms with van der Waals surface area (Å²) < 4.78 is 9.84. The summed E-state index contributed by atoms with van der Waals surface area (Å²) >= 11 is 4.39. The normalized spacial score (nSPS) is 14.6. The summed E-state index contributed by atoms with van der Waals surface area (Å²) in [4.78, 5) is 0. The first-order valence-electron chi connectivity index (χ1n) is 7.87. The first kappa shape index (κ1) is 25.0. The third kappa shape index (κ3) is 15.1. The van der Waals surface area contributed by atoms with Gasteiger partial charge in [0.25, 0.3) is 0 Å². The van der Waals surface area contributed by atoms with E-state index in [1.54, 1.807) is 14.2 Å². The third-order valence-corrected chi connectivity index (χ3v) is 3.31. The molecule has 2 fully saturated rings. The molecule has 0 N–H and O–H groups in total. The van der Waals surface area contributed by atoms with Crippen LogP contribution in [0.1, 0.15) is 51.4 Å². The van der Waals surface area contributed by atoms with E-state index in [0.717, 1.165) is 0 Å². The van der Waals surface area contributed by atoms with Gasteiger partial charge < -0.3 is 33.9 Å². The van der Waals surface area contributed by atoms with Gasteiger partial charge in [-0.3, -0.25) is 6.38 Å². The summed E-state index contributed by atoms with van der Waals surface area (Å²) in [5.41, 5.74) is 0. The average molecular weight is 431 g/mol. The number of halogens is 1. The van der Waals surface area contributed by atoms with Crippen LogP contribution in [0.5, 0.6) is 11.5 Å². The molecule has 2 saturated carbocycles. The molecule has 2 aliphatic carbocycles. The molecule has 0 unspecified atom stereocenters. The van der Waals surface area contributed by atoms with Crippen molar-refractivity contribution in [3.63, 3.8) is 0 Å². The number of benzene rings is 1. The Morgan fingerprint density at radius 1 is 0.870 bits per heavy atom. The van der Waals surface area contributed by atoms with Crippen LogP contribution in [0.15, 0.2) is 18.2 Å². The summed E-state index contributed by atoms with van der Waals surface area (Å²) in [6, 6.07) is 8.40. The van der Waals surface area contributed by atoms with Gasteiger partial charge in [0.05, 0.1) is 14.2 Å². The standard InChI is InChI=1S/C8H9O2.2C5H9.CH2Cl.Pd/c1-9-7-4-3-5-8(6-7)10-2;2*1-2-4-5-3-1;1-2;/h3-5H,1-2H3;2*1H,2-5H2;1H2;/q4*-1;. The van der Waals surface area contributed by atoms with Gasteiger partial charge in [0.2, 0.25) is 0 Å². The molecule has 138 valence electrons. The predicted molar refractivity (Wildman–Crippen MR) is 95.1 cm³/mol. The van der Waals surface area contributed by atoms with Gasteiger partial charge in [-0.2, -0.15) is 31.7 Å². The van der Waals surface area contributed by atoms with E-state index < -0.39 is 0 Å². The van der Waals surface area contributed by atoms with Crippen molar-refractivity contribution < 1.29 is 29.9 Å². The Kier molecular flexibility index (Phi) is 21.6. The Bertz CT molecular complexity index is 295. The third-order valence-electron chi connectivity index (χ3n) is 3.31. The molecule has 0 heterocycles. The molecule has 0 amide bonds. The molecule has 1 aromatic carbocycles. The quantitative estimate of drug-likeness (QED) is 0.420. The van der Waals surface area contributed by atoms with E-state index in [1.165, 1.54) is 51.4 Å². The van der Waals surface area contributed by atoms with Crippen molar-refractivity contribution in [2.75, 3.05) is 14.2 Å². The summed E-state index contributed by atoms with van der Waals surface area (Å²) in [6.45, 7) is 0. The Hall–Kier alpha value is -0.228. The fourth-order valence-corrected chi connectivity index (χ4v) is 2.11. The van der Waals surface area contributed by atoms with Gasteiger partial charge in [0.15, 0.2) is 0 Å². The van der Waals surface area contributed by atoms with E-state index in [4.69, 9.17) is 9.47 Å². The maximum absolute atomic E-state index is 4.92. The van der Waals surface area contributed by atoms with Crippen molar-refractivity contribution in [3.05, 3.63) is 43.5 Å². The van der Waals surface area contributed by atoms with E-state index in [0.29, 0.717) is 11.5 Å². The summed E-state index contributed by atoms with van der Waals surface area (Å²) in [5.74, 6) is 1.39. The number of methoxy groups -OCH3 is 2. The maximum atomic E-state index is 4.92. The monoisotopic (exact) mass is 430 g/mol. The van der Waals surface area contributed by atoms with Crippen LogP contribution in [0.4, 0.5) is 0 Å². The second kappa shape index (κ2) is 19.8. The van der Waals surface area contributed by atoms with Crippen LogP contribution < -0.4 is 9.47 Å². The maximum Gasteiger partial charge on any atom is 0.0743 e. The van der Waals surface area contributed by atoms with Crippen LogP contribution in [0, 0.1) is 25.3 Å². The summed E-state index contributed by atoms with van der Waals surface area (Å²) in [6.07, 6.45) is 18.7. The Morgan fingerprint density at radius 2 is 1.22 bits per heavy atom. The Morgan fingerprint density at radius 3 is 1.43 bits per heavy atom. The largest absolute Gasteiger partial charge is 0.522 e. The van der Waals surface area contributed by atoms with E-state index in [-0.39, 0.29) is 20.4 Å². The smallest absolute Gasteiger partial charge is 0.0743 e. The molecular formula is C19H29ClO2Pd-4. The summed E-state index contributed by atoms with van der Waals surface area (Å²) in [5, 5.41) is 0. The van der Waals surface area contributed by atoms with Crippen LogP contribution in [0.25, 0.3) is 0 Å². The minimum absolute atomic E-state index is 0. The molecule has 0 spiro atoms. The summed E-state index contributed by atoms with van der Waals surface area (Å²) in [7, 11) is 3.20. The van der Waals surface area contributed by atoms with E-state index in [2.05, 4.69) is 36.9 Å². The van der Waals surface area contributed by atoms with Crippen molar-refractivity contribution in [3.8, 4) is 11.5 Å². The van der Waals surface area contributed by atoms with Gasteiger partial charge >= 0.3 is 0 Å². The molecule has 2 nitrogen and oxygen atoms in total. The zero-order valence-corrected chi connectivity index (χ0v) is 16.6. The van der Waals surface area contributed by atoms with Crippen molar-refractivity contribution in [2.45, 2.75) is 51.4 Å². The number of hydrogen-bond donors (Lipinski definition) is 0. The molecule has 23 heavy (non-hydrogen) atoms. The molecule has 0 atom stereocenters. The van der Waals surface area contributed by atoms with Crippen LogP contribution in [0.2, 0.25) is 0 Å². The second-order valence-electron chi connectivity index (χ2n) is 4.93. The SMILES string of the molecule is COc1[c-]c(OC)ccc1.[CH-]1CCCC1.[CH-]1CCCC1.[CH2-]Cl.[Pd].